The van der Waals surface area contributed by atoms with Gasteiger partial charge in [0, 0.05) is 23.4 Å². The first-order valence-electron chi connectivity index (χ1n) is 9.56. The Morgan fingerprint density at radius 3 is 2.88 bits per heavy atom. The topological polar surface area (TPSA) is 38.8 Å². The van der Waals surface area contributed by atoms with Crippen LogP contribution in [0, 0.1) is 5.92 Å². The van der Waals surface area contributed by atoms with Crippen molar-refractivity contribution < 1.29 is 14.0 Å². The van der Waals surface area contributed by atoms with Crippen LogP contribution in [0.5, 0.6) is 11.5 Å². The molecule has 2 fully saturated rings. The zero-order chi connectivity index (χ0) is 17.6. The van der Waals surface area contributed by atoms with Gasteiger partial charge in [-0.15, -0.1) is 0 Å². The van der Waals surface area contributed by atoms with Gasteiger partial charge in [-0.3, -0.25) is 4.79 Å². The van der Waals surface area contributed by atoms with Crippen LogP contribution in [0.25, 0.3) is 0 Å². The molecule has 0 radical (unpaired) electrons. The van der Waals surface area contributed by atoms with Crippen molar-refractivity contribution in [3.63, 3.8) is 0 Å². The molecule has 1 aromatic rings. The molecular formula is C20H27NO3Si. The summed E-state index contributed by atoms with van der Waals surface area (Å²) in [4.78, 5) is 15.3. The normalized spacial score (nSPS) is 36.0. The number of rotatable bonds is 2. The van der Waals surface area contributed by atoms with Gasteiger partial charge in [-0.2, -0.15) is 0 Å². The highest BCUT2D eigenvalue weighted by Crippen LogP contribution is 2.63. The number of carbonyl (C=O) groups is 1. The summed E-state index contributed by atoms with van der Waals surface area (Å²) < 4.78 is 12.8. The van der Waals surface area contributed by atoms with Crippen LogP contribution in [0.4, 0.5) is 0 Å². The van der Waals surface area contributed by atoms with Crippen LogP contribution in [-0.2, 0) is 16.6 Å². The van der Waals surface area contributed by atoms with Gasteiger partial charge in [0.05, 0.1) is 0 Å². The summed E-state index contributed by atoms with van der Waals surface area (Å²) in [5, 5.41) is 0. The van der Waals surface area contributed by atoms with Crippen LogP contribution < -0.4 is 9.16 Å². The Kier molecular flexibility index (Phi) is 3.10. The molecule has 5 heteroatoms. The summed E-state index contributed by atoms with van der Waals surface area (Å²) in [5.74, 6) is 2.59. The number of piperidine rings is 1. The first-order chi connectivity index (χ1) is 11.8. The van der Waals surface area contributed by atoms with Gasteiger partial charge in [0.2, 0.25) is 8.32 Å². The minimum atomic E-state index is -1.74. The van der Waals surface area contributed by atoms with E-state index in [2.05, 4.69) is 43.7 Å². The van der Waals surface area contributed by atoms with E-state index in [0.717, 1.165) is 37.3 Å². The van der Waals surface area contributed by atoms with Gasteiger partial charge in [0.1, 0.15) is 5.75 Å². The monoisotopic (exact) mass is 357 g/mol. The van der Waals surface area contributed by atoms with E-state index in [9.17, 15) is 4.79 Å². The van der Waals surface area contributed by atoms with Gasteiger partial charge in [-0.05, 0) is 70.0 Å². The Bertz CT molecular complexity index is 771. The van der Waals surface area contributed by atoms with E-state index < -0.39 is 8.32 Å². The Hall–Kier alpha value is -1.33. The smallest absolute Gasteiger partial charge is 0.242 e. The van der Waals surface area contributed by atoms with Crippen LogP contribution in [-0.4, -0.2) is 44.7 Å². The molecule has 1 spiro atoms. The maximum atomic E-state index is 12.8. The molecule has 1 saturated heterocycles. The predicted molar refractivity (Wildman–Crippen MR) is 99.0 cm³/mol. The van der Waals surface area contributed by atoms with Crippen molar-refractivity contribution in [3.8, 4) is 11.5 Å². The van der Waals surface area contributed by atoms with Crippen LogP contribution >= 0.6 is 0 Å². The number of likely N-dealkylation sites (tertiary alicyclic amines) is 1. The number of nitrogens with zero attached hydrogens (tertiary/aromatic N) is 1. The Morgan fingerprint density at radius 1 is 1.32 bits per heavy atom. The van der Waals surface area contributed by atoms with Crippen molar-refractivity contribution in [2.75, 3.05) is 13.6 Å². The third-order valence-corrected chi connectivity index (χ3v) is 7.62. The lowest BCUT2D eigenvalue weighted by atomic mass is 9.52. The molecule has 4 atom stereocenters. The standard InChI is InChI=1S/C20H27NO3Si/c1-21-10-9-20-13-6-7-15(22)19(20)23-18-16(24-25(2,3)4)8-5-12(17(18)20)11-14(13)21/h5,8,13-14,19H,6-7,9-11H2,1-4H3/t13-,14+,19-,20-/m0/s1. The van der Waals surface area contributed by atoms with E-state index in [1.54, 1.807) is 0 Å². The van der Waals surface area contributed by atoms with Crippen molar-refractivity contribution in [2.45, 2.75) is 62.9 Å². The quantitative estimate of drug-likeness (QED) is 0.762. The second kappa shape index (κ2) is 4.89. The van der Waals surface area contributed by atoms with Gasteiger partial charge < -0.3 is 14.1 Å². The van der Waals surface area contributed by atoms with Gasteiger partial charge in [-0.1, -0.05) is 6.07 Å². The molecule has 1 aromatic carbocycles. The third-order valence-electron chi connectivity index (χ3n) is 6.79. The fourth-order valence-electron chi connectivity index (χ4n) is 5.92. The lowest BCUT2D eigenvalue weighted by Crippen LogP contribution is -2.65. The fraction of sp³-hybridized carbons (Fsp3) is 0.650. The first kappa shape index (κ1) is 15.9. The van der Waals surface area contributed by atoms with Crippen molar-refractivity contribution in [3.05, 3.63) is 23.3 Å². The number of likely N-dealkylation sites (N-methyl/N-ethyl adjacent to an activating group) is 1. The molecule has 0 amide bonds. The van der Waals surface area contributed by atoms with Gasteiger partial charge in [0.25, 0.3) is 0 Å². The zero-order valence-electron chi connectivity index (χ0n) is 15.6. The summed E-state index contributed by atoms with van der Waals surface area (Å²) in [6, 6.07) is 4.86. The molecule has 0 unspecified atom stereocenters. The molecule has 2 aliphatic heterocycles. The molecule has 0 aromatic heterocycles. The third kappa shape index (κ3) is 1.99. The average Bonchev–Trinajstić information content (AvgIpc) is 2.88. The molecule has 2 heterocycles. The molecule has 2 aliphatic carbocycles. The van der Waals surface area contributed by atoms with Crippen LogP contribution in [0.1, 0.15) is 30.4 Å². The summed E-state index contributed by atoms with van der Waals surface area (Å²) in [7, 11) is 0.502. The number of hydrogen-bond acceptors (Lipinski definition) is 4. The first-order valence-corrected chi connectivity index (χ1v) is 13.0. The number of ketones is 1. The van der Waals surface area contributed by atoms with Gasteiger partial charge in [0.15, 0.2) is 17.6 Å². The van der Waals surface area contributed by atoms with Crippen molar-refractivity contribution >= 4 is 14.1 Å². The summed E-state index contributed by atoms with van der Waals surface area (Å²) in [6.07, 6.45) is 3.48. The molecule has 4 aliphatic rings. The molecule has 5 rings (SSSR count). The van der Waals surface area contributed by atoms with Crippen LogP contribution in [0.2, 0.25) is 19.6 Å². The Balaban J connectivity index is 1.73. The zero-order valence-corrected chi connectivity index (χ0v) is 16.6. The highest BCUT2D eigenvalue weighted by atomic mass is 28.4. The second-order valence-electron chi connectivity index (χ2n) is 9.29. The molecule has 2 bridgehead atoms. The minimum absolute atomic E-state index is 0.103. The molecule has 1 saturated carbocycles. The van der Waals surface area contributed by atoms with Crippen LogP contribution in [0.3, 0.4) is 0 Å². The maximum absolute atomic E-state index is 12.8. The average molecular weight is 358 g/mol. The summed E-state index contributed by atoms with van der Waals surface area (Å²) >= 11 is 0. The molecule has 134 valence electrons. The number of Topliss-reactive ketones (excluding diaryl/α,β-unsaturated/α-hetero) is 1. The van der Waals surface area contributed by atoms with Crippen molar-refractivity contribution in [2.24, 2.45) is 5.92 Å². The Morgan fingerprint density at radius 2 is 2.12 bits per heavy atom. The number of ether oxygens (including phenoxy) is 1. The second-order valence-corrected chi connectivity index (χ2v) is 13.7. The van der Waals surface area contributed by atoms with Crippen molar-refractivity contribution in [1.82, 2.24) is 4.90 Å². The van der Waals surface area contributed by atoms with Gasteiger partial charge >= 0.3 is 0 Å². The molecule has 4 nitrogen and oxygen atoms in total. The largest absolute Gasteiger partial charge is 0.542 e. The predicted octanol–water partition coefficient (Wildman–Crippen LogP) is 3.14. The van der Waals surface area contributed by atoms with Gasteiger partial charge in [-0.25, -0.2) is 0 Å². The van der Waals surface area contributed by atoms with E-state index in [1.807, 2.05) is 0 Å². The molecular weight excluding hydrogens is 330 g/mol. The SMILES string of the molecule is CN1CC[C@]23c4c5ccc(O[Si](C)(C)C)c4O[C@H]2C(=O)CC[C@H]3[C@H]1C5. The van der Waals surface area contributed by atoms with E-state index in [-0.39, 0.29) is 11.5 Å². The maximum Gasteiger partial charge on any atom is 0.242 e. The highest BCUT2D eigenvalue weighted by molar-refractivity contribution is 6.70. The molecule has 25 heavy (non-hydrogen) atoms. The van der Waals surface area contributed by atoms with Crippen molar-refractivity contribution in [1.29, 1.82) is 0 Å². The lowest BCUT2D eigenvalue weighted by Gasteiger charge is -2.57. The summed E-state index contributed by atoms with van der Waals surface area (Å²) in [6.45, 7) is 7.63. The van der Waals surface area contributed by atoms with E-state index in [0.29, 0.717) is 24.2 Å². The fourth-order valence-corrected chi connectivity index (χ4v) is 6.74. The van der Waals surface area contributed by atoms with Crippen LogP contribution in [0.15, 0.2) is 12.1 Å². The highest BCUT2D eigenvalue weighted by Gasteiger charge is 2.65. The number of benzene rings is 1. The lowest BCUT2D eigenvalue weighted by molar-refractivity contribution is -0.138. The number of carbonyl (C=O) groups excluding carboxylic acids is 1. The molecule has 0 N–H and O–H groups in total. The summed E-state index contributed by atoms with van der Waals surface area (Å²) in [5.41, 5.74) is 2.60. The van der Waals surface area contributed by atoms with E-state index >= 15 is 0 Å². The number of hydrogen-bond donors (Lipinski definition) is 0. The van der Waals surface area contributed by atoms with E-state index in [1.165, 1.54) is 11.1 Å². The van der Waals surface area contributed by atoms with E-state index in [4.69, 9.17) is 9.16 Å². The Labute approximate surface area is 150 Å². The minimum Gasteiger partial charge on any atom is -0.542 e.